The van der Waals surface area contributed by atoms with Gasteiger partial charge in [0.25, 0.3) is 0 Å². The Hall–Kier alpha value is -4.59. The first kappa shape index (κ1) is 25.1. The van der Waals surface area contributed by atoms with Gasteiger partial charge in [-0.05, 0) is 50.1 Å². The number of nitriles is 1. The van der Waals surface area contributed by atoms with Crippen molar-refractivity contribution in [3.63, 3.8) is 0 Å². The highest BCUT2D eigenvalue weighted by Crippen LogP contribution is 2.29. The van der Waals surface area contributed by atoms with Crippen LogP contribution >= 0.6 is 0 Å². The van der Waals surface area contributed by atoms with Gasteiger partial charge in [-0.15, -0.1) is 0 Å². The van der Waals surface area contributed by atoms with Gasteiger partial charge in [0.15, 0.2) is 0 Å². The van der Waals surface area contributed by atoms with Gasteiger partial charge >= 0.3 is 5.69 Å². The van der Waals surface area contributed by atoms with Crippen LogP contribution in [0.1, 0.15) is 37.9 Å². The Bertz CT molecular complexity index is 1540. The summed E-state index contributed by atoms with van der Waals surface area (Å²) in [6.07, 6.45) is 7.56. The third-order valence-corrected chi connectivity index (χ3v) is 6.67. The number of rotatable bonds is 6. The number of pyridine rings is 1. The topological polar surface area (TPSA) is 109 Å². The Morgan fingerprint density at radius 1 is 1.03 bits per heavy atom. The van der Waals surface area contributed by atoms with Crippen LogP contribution in [0.4, 0.5) is 16.2 Å². The Labute approximate surface area is 219 Å². The maximum atomic E-state index is 15.2. The van der Waals surface area contributed by atoms with Gasteiger partial charge in [-0.1, -0.05) is 6.92 Å². The summed E-state index contributed by atoms with van der Waals surface area (Å²) in [5.41, 5.74) is 2.29. The molecule has 1 aromatic carbocycles. The van der Waals surface area contributed by atoms with Crippen LogP contribution in [0.2, 0.25) is 0 Å². The van der Waals surface area contributed by atoms with Crippen LogP contribution in [0, 0.1) is 17.1 Å². The Morgan fingerprint density at radius 3 is 2.34 bits per heavy atom. The minimum atomic E-state index is -0.521. The molecular weight excluding hydrogens is 485 g/mol. The number of aromatic nitrogens is 6. The molecule has 11 heteroatoms. The minimum absolute atomic E-state index is 0.106. The van der Waals surface area contributed by atoms with Crippen LogP contribution in [-0.2, 0) is 6.42 Å². The van der Waals surface area contributed by atoms with E-state index in [1.165, 1.54) is 21.6 Å². The summed E-state index contributed by atoms with van der Waals surface area (Å²) in [6.45, 7) is 8.48. The van der Waals surface area contributed by atoms with Crippen molar-refractivity contribution in [1.29, 1.82) is 5.26 Å². The molecule has 0 N–H and O–H groups in total. The molecule has 194 valence electrons. The average molecular weight is 514 g/mol. The molecule has 4 aromatic rings. The van der Waals surface area contributed by atoms with Crippen molar-refractivity contribution >= 4 is 11.8 Å². The van der Waals surface area contributed by atoms with Crippen LogP contribution in [-0.4, -0.2) is 55.5 Å². The average Bonchev–Trinajstić information content (AvgIpc) is 3.34. The largest absolute Gasteiger partial charge is 0.352 e. The van der Waals surface area contributed by atoms with E-state index in [-0.39, 0.29) is 11.7 Å². The van der Waals surface area contributed by atoms with E-state index in [0.29, 0.717) is 60.3 Å². The van der Waals surface area contributed by atoms with E-state index >= 15 is 4.39 Å². The number of hydrogen-bond donors (Lipinski definition) is 0. The number of halogens is 1. The predicted octanol–water partition coefficient (Wildman–Crippen LogP) is 3.37. The number of hydrogen-bond acceptors (Lipinski definition) is 8. The maximum Gasteiger partial charge on any atom is 0.350 e. The zero-order valence-corrected chi connectivity index (χ0v) is 21.5. The lowest BCUT2D eigenvalue weighted by atomic mass is 10.0. The zero-order valence-electron chi connectivity index (χ0n) is 21.5. The molecule has 0 radical (unpaired) electrons. The van der Waals surface area contributed by atoms with Crippen molar-refractivity contribution in [1.82, 2.24) is 29.3 Å². The number of aryl methyl sites for hydroxylation is 1. The van der Waals surface area contributed by atoms with Crippen LogP contribution in [0.3, 0.4) is 0 Å². The number of anilines is 2. The second-order valence-corrected chi connectivity index (χ2v) is 9.41. The molecule has 38 heavy (non-hydrogen) atoms. The summed E-state index contributed by atoms with van der Waals surface area (Å²) in [5.74, 6) is 0.749. The number of nitrogens with zero attached hydrogens (tertiary/aromatic N) is 9. The van der Waals surface area contributed by atoms with Crippen LogP contribution in [0.25, 0.3) is 16.8 Å². The molecule has 1 saturated heterocycles. The third-order valence-electron chi connectivity index (χ3n) is 6.67. The van der Waals surface area contributed by atoms with Gasteiger partial charge in [0.2, 0.25) is 5.95 Å². The quantitative estimate of drug-likeness (QED) is 0.386. The van der Waals surface area contributed by atoms with E-state index in [9.17, 15) is 10.1 Å². The molecule has 10 nitrogen and oxygen atoms in total. The fraction of sp³-hybridized carbons (Fsp3) is 0.333. The van der Waals surface area contributed by atoms with Gasteiger partial charge in [0.05, 0.1) is 17.3 Å². The summed E-state index contributed by atoms with van der Waals surface area (Å²) in [7, 11) is 0. The molecule has 0 bridgehead atoms. The van der Waals surface area contributed by atoms with Gasteiger partial charge in [0.1, 0.15) is 24.0 Å². The summed E-state index contributed by atoms with van der Waals surface area (Å²) in [6, 6.07) is 8.29. The summed E-state index contributed by atoms with van der Waals surface area (Å²) < 4.78 is 17.8. The van der Waals surface area contributed by atoms with Crippen LogP contribution in [0.15, 0.2) is 54.0 Å². The van der Waals surface area contributed by atoms with Crippen molar-refractivity contribution in [3.8, 4) is 22.9 Å². The first-order valence-electron chi connectivity index (χ1n) is 12.6. The van der Waals surface area contributed by atoms with E-state index in [1.807, 2.05) is 26.2 Å². The number of piperazine rings is 1. The second-order valence-electron chi connectivity index (χ2n) is 9.41. The van der Waals surface area contributed by atoms with Crippen molar-refractivity contribution in [2.45, 2.75) is 33.2 Å². The second kappa shape index (κ2) is 10.4. The normalized spacial score (nSPS) is 13.7. The van der Waals surface area contributed by atoms with Crippen molar-refractivity contribution in [2.75, 3.05) is 36.0 Å². The third kappa shape index (κ3) is 4.72. The lowest BCUT2D eigenvalue weighted by Gasteiger charge is -2.35. The molecule has 3 aromatic heterocycles. The standard InChI is InChI=1S/C27H28FN9O/c1-4-19-14-31-26(32-15-19)35-9-7-34(8-10-35)25-20(13-29)11-21(16-30-25)23-6-5-22(12-24(23)28)36-17-33-37(18(2)3)27(36)38/h5-6,11-12,14-18H,4,7-10H2,1-3H3. The Morgan fingerprint density at radius 2 is 1.74 bits per heavy atom. The van der Waals surface area contributed by atoms with Crippen LogP contribution < -0.4 is 15.5 Å². The Balaban J connectivity index is 1.34. The van der Waals surface area contributed by atoms with Gasteiger partial charge in [-0.25, -0.2) is 33.4 Å². The molecule has 0 spiro atoms. The highest BCUT2D eigenvalue weighted by atomic mass is 19.1. The Kier molecular flexibility index (Phi) is 6.87. The smallest absolute Gasteiger partial charge is 0.350 e. The van der Waals surface area contributed by atoms with Gasteiger partial charge in [-0.3, -0.25) is 0 Å². The molecule has 0 saturated carbocycles. The van der Waals surface area contributed by atoms with E-state index in [4.69, 9.17) is 0 Å². The summed E-state index contributed by atoms with van der Waals surface area (Å²) in [4.78, 5) is 30.2. The van der Waals surface area contributed by atoms with Crippen molar-refractivity contribution in [3.05, 3.63) is 76.6 Å². The van der Waals surface area contributed by atoms with E-state index in [0.717, 1.165) is 12.0 Å². The van der Waals surface area contributed by atoms with Crippen molar-refractivity contribution in [2.24, 2.45) is 0 Å². The lowest BCUT2D eigenvalue weighted by Crippen LogP contribution is -2.47. The minimum Gasteiger partial charge on any atom is -0.352 e. The molecule has 0 unspecified atom stereocenters. The predicted molar refractivity (Wildman–Crippen MR) is 142 cm³/mol. The van der Waals surface area contributed by atoms with Crippen LogP contribution in [0.5, 0.6) is 0 Å². The van der Waals surface area contributed by atoms with Gasteiger partial charge in [0, 0.05) is 55.9 Å². The molecule has 1 aliphatic heterocycles. The molecule has 4 heterocycles. The number of benzene rings is 1. The fourth-order valence-corrected chi connectivity index (χ4v) is 4.49. The first-order chi connectivity index (χ1) is 18.4. The van der Waals surface area contributed by atoms with E-state index < -0.39 is 5.82 Å². The maximum absolute atomic E-state index is 15.2. The molecule has 0 aliphatic carbocycles. The monoisotopic (exact) mass is 513 g/mol. The SMILES string of the molecule is CCc1cnc(N2CCN(c3ncc(-c4ccc(-n5cnn(C(C)C)c5=O)cc4F)cc3C#N)CC2)nc1. The summed E-state index contributed by atoms with van der Waals surface area (Å²) in [5, 5.41) is 13.9. The van der Waals surface area contributed by atoms with Crippen molar-refractivity contribution < 1.29 is 4.39 Å². The highest BCUT2D eigenvalue weighted by Gasteiger charge is 2.23. The highest BCUT2D eigenvalue weighted by molar-refractivity contribution is 5.70. The lowest BCUT2D eigenvalue weighted by molar-refractivity contribution is 0.511. The van der Waals surface area contributed by atoms with Gasteiger partial charge in [-0.2, -0.15) is 10.4 Å². The van der Waals surface area contributed by atoms with E-state index in [1.54, 1.807) is 24.4 Å². The zero-order chi connectivity index (χ0) is 26.8. The first-order valence-corrected chi connectivity index (χ1v) is 12.6. The van der Waals surface area contributed by atoms with E-state index in [2.05, 4.69) is 42.8 Å². The summed E-state index contributed by atoms with van der Waals surface area (Å²) >= 11 is 0. The molecular formula is C27H28FN9O. The molecule has 1 fully saturated rings. The van der Waals surface area contributed by atoms with Gasteiger partial charge < -0.3 is 9.80 Å². The molecule has 0 atom stereocenters. The molecule has 1 aliphatic rings. The molecule has 0 amide bonds. The molecule has 5 rings (SSSR count). The fourth-order valence-electron chi connectivity index (χ4n) is 4.49.